The number of nitrogens with zero attached hydrogens (tertiary/aromatic N) is 4. The lowest BCUT2D eigenvalue weighted by atomic mass is 9.95. The van der Waals surface area contributed by atoms with Crippen molar-refractivity contribution < 1.29 is 77.7 Å². The third kappa shape index (κ3) is 32.6. The van der Waals surface area contributed by atoms with Crippen molar-refractivity contribution in [3.63, 3.8) is 0 Å². The number of amides is 4. The number of unbranched alkanes of at least 4 members (excludes halogenated alkanes) is 8. The quantitative estimate of drug-likeness (QED) is 0.0258. The fourth-order valence-corrected chi connectivity index (χ4v) is 17.9. The van der Waals surface area contributed by atoms with Gasteiger partial charge in [-0.15, -0.1) is 0 Å². The molecule has 4 fully saturated rings. The second kappa shape index (κ2) is 54.2. The summed E-state index contributed by atoms with van der Waals surface area (Å²) in [5.41, 5.74) is 24.8. The van der Waals surface area contributed by atoms with E-state index >= 15 is 0 Å². The molecule has 0 unspecified atom stereocenters. The van der Waals surface area contributed by atoms with Crippen LogP contribution in [0.2, 0.25) is 0 Å². The maximum Gasteiger partial charge on any atom is 0.303 e. The lowest BCUT2D eigenvalue weighted by Crippen LogP contribution is -2.32. The third-order valence-electron chi connectivity index (χ3n) is 27.0. The number of ether oxygens (including phenoxy) is 4. The van der Waals surface area contributed by atoms with Crippen LogP contribution in [0.15, 0.2) is 273 Å². The van der Waals surface area contributed by atoms with E-state index in [1.54, 1.807) is 0 Å². The largest absolute Gasteiger partial charge is 0.493 e. The molecule has 144 heavy (non-hydrogen) atoms. The van der Waals surface area contributed by atoms with E-state index in [-0.39, 0.29) is 73.5 Å². The monoisotopic (exact) mass is 1940 g/mol. The maximum atomic E-state index is 13.5. The molecule has 0 radical (unpaired) electrons. The number of carbonyl (C=O) groups excluding carboxylic acids is 4. The number of rotatable bonds is 49. The number of benzene rings is 12. The average Bonchev–Trinajstić information content (AvgIpc) is 1.64. The zero-order valence-electron chi connectivity index (χ0n) is 84.6. The number of aryl methyl sites for hydroxylation is 6. The highest BCUT2D eigenvalue weighted by molar-refractivity contribution is 5.98. The molecule has 0 atom stereocenters. The predicted molar refractivity (Wildman–Crippen MR) is 569 cm³/mol. The molecule has 4 saturated carbocycles. The van der Waals surface area contributed by atoms with Gasteiger partial charge in [-0.1, -0.05) is 213 Å². The first kappa shape index (κ1) is 107. The van der Waals surface area contributed by atoms with E-state index in [9.17, 15) is 38.4 Å². The summed E-state index contributed by atoms with van der Waals surface area (Å²) < 4.78 is 24.1. The number of carbonyl (C=O) groups is 8. The Labute approximate surface area is 849 Å². The van der Waals surface area contributed by atoms with Crippen molar-refractivity contribution in [3.05, 3.63) is 356 Å². The highest BCUT2D eigenvalue weighted by Crippen LogP contribution is 2.40. The zero-order chi connectivity index (χ0) is 102. The SMILES string of the molecule is CCc1ccc(-c2ccc(C(=O)N(Cc3ccccc3OCCCCCC(=O)O)C3CC3)cc2)cc1.Cc1ccc(C)c(-c2ccc(C(=O)N(Cc3ccccc3OCCCCCC(=O)O)C3CC3)cc2)c1.Cc1cccc(-c2ccc(C(=O)N(Cc3ccccc3OCCCCCC(=O)O)C3CC3)cc2)c1C.Cc1cccc(C)c1-c1ccc(C(=O)N(Cc2ccccc2OCCCCCC(=O)O)C2CC2)cc1. The molecule has 4 N–H and O–H groups in total. The van der Waals surface area contributed by atoms with Crippen molar-refractivity contribution >= 4 is 47.5 Å². The molecule has 0 aromatic heterocycles. The average molecular weight is 1940 g/mol. The van der Waals surface area contributed by atoms with Crippen molar-refractivity contribution in [2.24, 2.45) is 0 Å². The Morgan fingerprint density at radius 2 is 0.549 bits per heavy atom. The van der Waals surface area contributed by atoms with Gasteiger partial charge >= 0.3 is 23.9 Å². The second-order valence-electron chi connectivity index (χ2n) is 38.5. The topological polar surface area (TPSA) is 267 Å². The molecule has 0 bridgehead atoms. The summed E-state index contributed by atoms with van der Waals surface area (Å²) in [4.78, 5) is 105. The van der Waals surface area contributed by atoms with Gasteiger partial charge in [0.1, 0.15) is 23.0 Å². The molecular weight excluding hydrogens is 1800 g/mol. The van der Waals surface area contributed by atoms with Gasteiger partial charge in [0.25, 0.3) is 23.6 Å². The minimum atomic E-state index is -0.758. The first-order valence-corrected chi connectivity index (χ1v) is 51.5. The first-order valence-electron chi connectivity index (χ1n) is 51.5. The minimum absolute atomic E-state index is 0.0495. The van der Waals surface area contributed by atoms with Crippen LogP contribution in [0.1, 0.15) is 264 Å². The van der Waals surface area contributed by atoms with Crippen LogP contribution in [-0.2, 0) is 51.8 Å². The molecule has 0 spiro atoms. The molecule has 0 saturated heterocycles. The number of hydrogen-bond acceptors (Lipinski definition) is 12. The van der Waals surface area contributed by atoms with Crippen LogP contribution in [0.5, 0.6) is 23.0 Å². The summed E-state index contributed by atoms with van der Waals surface area (Å²) in [6, 6.07) is 92.1. The van der Waals surface area contributed by atoms with Crippen LogP contribution in [-0.4, -0.2) is 138 Å². The molecule has 16 rings (SSSR count). The van der Waals surface area contributed by atoms with Crippen LogP contribution >= 0.6 is 0 Å². The highest BCUT2D eigenvalue weighted by atomic mass is 16.5. The van der Waals surface area contributed by atoms with Crippen molar-refractivity contribution in [2.45, 2.75) is 259 Å². The van der Waals surface area contributed by atoms with Gasteiger partial charge in [-0.05, 0) is 327 Å². The van der Waals surface area contributed by atoms with Crippen LogP contribution < -0.4 is 18.9 Å². The van der Waals surface area contributed by atoms with E-state index in [4.69, 9.17) is 39.4 Å². The Morgan fingerprint density at radius 1 is 0.271 bits per heavy atom. The van der Waals surface area contributed by atoms with Gasteiger partial charge in [0.2, 0.25) is 0 Å². The molecule has 0 heterocycles. The molecule has 752 valence electrons. The maximum absolute atomic E-state index is 13.5. The van der Waals surface area contributed by atoms with Crippen molar-refractivity contribution in [1.82, 2.24) is 19.6 Å². The highest BCUT2D eigenvalue weighted by Gasteiger charge is 2.38. The normalized spacial score (nSPS) is 12.8. The van der Waals surface area contributed by atoms with Gasteiger partial charge in [0.05, 0.1) is 26.4 Å². The molecule has 4 aliphatic carbocycles. The van der Waals surface area contributed by atoms with Crippen LogP contribution in [0.3, 0.4) is 0 Å². The third-order valence-corrected chi connectivity index (χ3v) is 27.0. The lowest BCUT2D eigenvalue weighted by molar-refractivity contribution is -0.138. The Bertz CT molecular complexity index is 6100. The van der Waals surface area contributed by atoms with Gasteiger partial charge in [0.15, 0.2) is 0 Å². The van der Waals surface area contributed by atoms with Gasteiger partial charge in [0, 0.05) is 121 Å². The van der Waals surface area contributed by atoms with Crippen LogP contribution in [0.4, 0.5) is 0 Å². The van der Waals surface area contributed by atoms with Crippen molar-refractivity contribution in [1.29, 1.82) is 0 Å². The fraction of sp³-hybridized carbons (Fsp3) is 0.355. The first-order chi connectivity index (χ1) is 69.8. The Kier molecular flexibility index (Phi) is 40.2. The van der Waals surface area contributed by atoms with Gasteiger partial charge in [-0.25, -0.2) is 0 Å². The summed E-state index contributed by atoms with van der Waals surface area (Å²) in [5.74, 6) is 0.331. The molecular formula is C124H140N4O16. The van der Waals surface area contributed by atoms with E-state index in [0.717, 1.165) is 182 Å². The standard InChI is InChI=1S/4C31H35NO4/c1-22-9-8-10-23(2)30(22)24-14-16-25(17-15-24)31(35)32(27-18-19-27)21-26-11-5-6-12-28(26)36-20-7-3-4-13-29(33)34;1-22-9-8-11-28(23(22)2)24-14-16-25(17-15-24)31(35)32(27-18-19-27)21-26-10-5-6-12-29(26)36-20-7-3-4-13-30(33)34;1-22-11-12-23(2)28(20-22)24-13-15-25(16-14-24)31(35)32(27-17-18-27)21-26-8-5-6-9-29(26)36-19-7-3-4-10-30(33)34;1-2-23-11-13-24(14-12-23)25-15-17-26(18-16-25)31(35)32(28-19-20-28)22-27-8-5-6-9-29(27)36-21-7-3-4-10-30(33)34/h2*5-6,8-12,14-17,27H,3-4,7,13,18-21H2,1-2H3,(H,33,34);5-6,8-9,11-16,20,27H,3-4,7,10,17-19,21H2,1-2H3,(H,33,34);5-6,8-9,11-18,28H,2-4,7,10,19-22H2,1H3,(H,33,34). The molecule has 12 aromatic rings. The molecule has 0 aliphatic heterocycles. The number of hydrogen-bond donors (Lipinski definition) is 4. The molecule has 20 heteroatoms. The van der Waals surface area contributed by atoms with Gasteiger partial charge in [-0.3, -0.25) is 38.4 Å². The number of aliphatic carboxylic acids is 4. The summed E-state index contributed by atoms with van der Waals surface area (Å²) in [5, 5.41) is 35.1. The summed E-state index contributed by atoms with van der Waals surface area (Å²) in [6.07, 6.45) is 19.2. The summed E-state index contributed by atoms with van der Waals surface area (Å²) in [7, 11) is 0. The van der Waals surface area contributed by atoms with E-state index in [1.807, 2.05) is 202 Å². The Morgan fingerprint density at radius 3 is 0.854 bits per heavy atom. The summed E-state index contributed by atoms with van der Waals surface area (Å²) in [6.45, 7) is 19.0. The van der Waals surface area contributed by atoms with Gasteiger partial charge in [-0.2, -0.15) is 0 Å². The Balaban J connectivity index is 0.000000161. The number of carboxylic acid groups (broad SMARTS) is 4. The Hall–Kier alpha value is -14.4. The second-order valence-corrected chi connectivity index (χ2v) is 38.5. The van der Waals surface area contributed by atoms with Crippen molar-refractivity contribution in [2.75, 3.05) is 26.4 Å². The molecule has 12 aromatic carbocycles. The summed E-state index contributed by atoms with van der Waals surface area (Å²) >= 11 is 0. The van der Waals surface area contributed by atoms with Crippen molar-refractivity contribution in [3.8, 4) is 67.5 Å². The van der Waals surface area contributed by atoms with Gasteiger partial charge < -0.3 is 59.0 Å². The van der Waals surface area contributed by atoms with E-state index in [1.165, 1.54) is 55.6 Å². The zero-order valence-corrected chi connectivity index (χ0v) is 84.6. The lowest BCUT2D eigenvalue weighted by Gasteiger charge is -2.24. The van der Waals surface area contributed by atoms with E-state index in [2.05, 4.69) is 139 Å². The molecule has 20 nitrogen and oxygen atoms in total. The van der Waals surface area contributed by atoms with Crippen LogP contribution in [0.25, 0.3) is 44.5 Å². The number of para-hydroxylation sites is 4. The molecule has 4 aliphatic rings. The van der Waals surface area contributed by atoms with Crippen LogP contribution in [0, 0.1) is 41.5 Å². The predicted octanol–water partition coefficient (Wildman–Crippen LogP) is 27.1. The minimum Gasteiger partial charge on any atom is -0.493 e. The number of carboxylic acids is 4. The smallest absolute Gasteiger partial charge is 0.303 e. The molecule has 4 amide bonds. The van der Waals surface area contributed by atoms with E-state index in [0.29, 0.717) is 101 Å². The fourth-order valence-electron chi connectivity index (χ4n) is 17.9. The van der Waals surface area contributed by atoms with E-state index < -0.39 is 23.9 Å².